The van der Waals surface area contributed by atoms with Crippen molar-refractivity contribution < 1.29 is 17.9 Å². The van der Waals surface area contributed by atoms with Crippen LogP contribution in [-0.2, 0) is 10.0 Å². The summed E-state index contributed by atoms with van der Waals surface area (Å²) in [6.07, 6.45) is 0. The van der Waals surface area contributed by atoms with Crippen LogP contribution in [0.15, 0.2) is 41.3 Å². The van der Waals surface area contributed by atoms with Crippen molar-refractivity contribution in [3.8, 4) is 5.75 Å². The SMILES string of the molecule is COc1ccc(Cl)cc1S(=O)(=O)Nc1cc(C(C)=O)ccc1C. The lowest BCUT2D eigenvalue weighted by Gasteiger charge is -2.14. The summed E-state index contributed by atoms with van der Waals surface area (Å²) in [5.41, 5.74) is 1.45. The maximum Gasteiger partial charge on any atom is 0.265 e. The van der Waals surface area contributed by atoms with E-state index >= 15 is 0 Å². The van der Waals surface area contributed by atoms with E-state index in [4.69, 9.17) is 16.3 Å². The van der Waals surface area contributed by atoms with Gasteiger partial charge < -0.3 is 4.74 Å². The number of nitrogens with one attached hydrogen (secondary N) is 1. The number of methoxy groups -OCH3 is 1. The molecule has 0 atom stereocenters. The van der Waals surface area contributed by atoms with Crippen LogP contribution in [0.1, 0.15) is 22.8 Å². The zero-order valence-electron chi connectivity index (χ0n) is 12.9. The quantitative estimate of drug-likeness (QED) is 0.832. The molecule has 0 aromatic heterocycles. The molecule has 0 radical (unpaired) electrons. The third-order valence-electron chi connectivity index (χ3n) is 3.30. The van der Waals surface area contributed by atoms with E-state index in [0.29, 0.717) is 16.8 Å². The van der Waals surface area contributed by atoms with Crippen molar-refractivity contribution in [2.24, 2.45) is 0 Å². The molecule has 2 aromatic rings. The van der Waals surface area contributed by atoms with Crippen LogP contribution in [-0.4, -0.2) is 21.3 Å². The molecule has 7 heteroatoms. The van der Waals surface area contributed by atoms with Crippen molar-refractivity contribution in [2.45, 2.75) is 18.7 Å². The van der Waals surface area contributed by atoms with Crippen LogP contribution >= 0.6 is 11.6 Å². The van der Waals surface area contributed by atoms with E-state index in [1.54, 1.807) is 25.1 Å². The third-order valence-corrected chi connectivity index (χ3v) is 4.93. The third kappa shape index (κ3) is 3.83. The molecule has 5 nitrogen and oxygen atoms in total. The first kappa shape index (κ1) is 17.3. The molecule has 23 heavy (non-hydrogen) atoms. The van der Waals surface area contributed by atoms with Crippen LogP contribution in [0.2, 0.25) is 5.02 Å². The number of benzene rings is 2. The second kappa shape index (κ2) is 6.60. The highest BCUT2D eigenvalue weighted by molar-refractivity contribution is 7.92. The Morgan fingerprint density at radius 3 is 2.48 bits per heavy atom. The Labute approximate surface area is 140 Å². The minimum absolute atomic E-state index is 0.0693. The molecule has 0 saturated carbocycles. The minimum atomic E-state index is -3.91. The van der Waals surface area contributed by atoms with Gasteiger partial charge in [-0.15, -0.1) is 0 Å². The van der Waals surface area contributed by atoms with Crippen molar-refractivity contribution in [3.05, 3.63) is 52.5 Å². The van der Waals surface area contributed by atoms with E-state index in [1.807, 2.05) is 0 Å². The van der Waals surface area contributed by atoms with Gasteiger partial charge in [-0.25, -0.2) is 8.42 Å². The van der Waals surface area contributed by atoms with E-state index < -0.39 is 10.0 Å². The standard InChI is InChI=1S/C16H16ClNO4S/c1-10-4-5-12(11(2)19)8-14(10)18-23(20,21)16-9-13(17)6-7-15(16)22-3/h4-9,18H,1-3H3. The molecule has 0 saturated heterocycles. The first-order valence-electron chi connectivity index (χ1n) is 6.72. The molecule has 0 heterocycles. The number of carbonyl (C=O) groups is 1. The molecule has 0 aliphatic rings. The van der Waals surface area contributed by atoms with Gasteiger partial charge in [0.25, 0.3) is 10.0 Å². The number of Topliss-reactive ketones (excluding diaryl/α,β-unsaturated/α-hetero) is 1. The first-order valence-corrected chi connectivity index (χ1v) is 8.58. The van der Waals surface area contributed by atoms with Crippen molar-refractivity contribution >= 4 is 33.1 Å². The Bertz CT molecular complexity index is 862. The summed E-state index contributed by atoms with van der Waals surface area (Å²) in [4.78, 5) is 11.4. The highest BCUT2D eigenvalue weighted by atomic mass is 35.5. The lowest BCUT2D eigenvalue weighted by atomic mass is 10.1. The van der Waals surface area contributed by atoms with Crippen LogP contribution in [0.5, 0.6) is 5.75 Å². The summed E-state index contributed by atoms with van der Waals surface area (Å²) < 4.78 is 32.8. The Hall–Kier alpha value is -2.05. The Morgan fingerprint density at radius 1 is 1.17 bits per heavy atom. The highest BCUT2D eigenvalue weighted by Gasteiger charge is 2.21. The Balaban J connectivity index is 2.49. The van der Waals surface area contributed by atoms with Crippen LogP contribution in [0.3, 0.4) is 0 Å². The van der Waals surface area contributed by atoms with Gasteiger partial charge in [-0.3, -0.25) is 9.52 Å². The molecule has 0 fully saturated rings. The zero-order chi connectivity index (χ0) is 17.2. The van der Waals surface area contributed by atoms with E-state index in [-0.39, 0.29) is 21.5 Å². The molecule has 0 aliphatic carbocycles. The maximum absolute atomic E-state index is 12.6. The van der Waals surface area contributed by atoms with Crippen LogP contribution in [0, 0.1) is 6.92 Å². The van der Waals surface area contributed by atoms with Gasteiger partial charge in [-0.2, -0.15) is 0 Å². The molecule has 122 valence electrons. The number of halogens is 1. The van der Waals surface area contributed by atoms with Crippen LogP contribution in [0.25, 0.3) is 0 Å². The number of carbonyl (C=O) groups excluding carboxylic acids is 1. The molecule has 1 N–H and O–H groups in total. The summed E-state index contributed by atoms with van der Waals surface area (Å²) in [6, 6.07) is 9.18. The van der Waals surface area contributed by atoms with Gasteiger partial charge in [0.15, 0.2) is 5.78 Å². The van der Waals surface area contributed by atoms with Gasteiger partial charge in [0.1, 0.15) is 10.6 Å². The molecular formula is C16H16ClNO4S. The Kier molecular flexibility index (Phi) is 4.97. The molecule has 0 bridgehead atoms. The highest BCUT2D eigenvalue weighted by Crippen LogP contribution is 2.29. The number of ketones is 1. The predicted octanol–water partition coefficient (Wildman–Crippen LogP) is 3.66. The van der Waals surface area contributed by atoms with Crippen molar-refractivity contribution in [1.29, 1.82) is 0 Å². The van der Waals surface area contributed by atoms with Gasteiger partial charge in [-0.05, 0) is 43.7 Å². The average molecular weight is 354 g/mol. The van der Waals surface area contributed by atoms with E-state index in [2.05, 4.69) is 4.72 Å². The van der Waals surface area contributed by atoms with Crippen molar-refractivity contribution in [1.82, 2.24) is 0 Å². The predicted molar refractivity (Wildman–Crippen MR) is 90.0 cm³/mol. The van der Waals surface area contributed by atoms with Gasteiger partial charge >= 0.3 is 0 Å². The summed E-state index contributed by atoms with van der Waals surface area (Å²) >= 11 is 5.89. The van der Waals surface area contributed by atoms with Gasteiger partial charge in [0, 0.05) is 10.6 Å². The first-order chi connectivity index (χ1) is 10.7. The lowest BCUT2D eigenvalue weighted by molar-refractivity contribution is 0.101. The fourth-order valence-electron chi connectivity index (χ4n) is 2.01. The second-order valence-corrected chi connectivity index (χ2v) is 7.07. The number of anilines is 1. The average Bonchev–Trinajstić information content (AvgIpc) is 2.49. The summed E-state index contributed by atoms with van der Waals surface area (Å²) in [7, 11) is -2.54. The van der Waals surface area contributed by atoms with Gasteiger partial charge in [0.05, 0.1) is 12.8 Å². The van der Waals surface area contributed by atoms with Gasteiger partial charge in [0.2, 0.25) is 0 Å². The summed E-state index contributed by atoms with van der Waals surface area (Å²) in [6.45, 7) is 3.17. The van der Waals surface area contributed by atoms with E-state index in [1.165, 1.54) is 32.2 Å². The molecule has 2 aromatic carbocycles. The monoisotopic (exact) mass is 353 g/mol. The van der Waals surface area contributed by atoms with E-state index in [9.17, 15) is 13.2 Å². The lowest BCUT2D eigenvalue weighted by Crippen LogP contribution is -2.15. The van der Waals surface area contributed by atoms with Crippen LogP contribution < -0.4 is 9.46 Å². The largest absolute Gasteiger partial charge is 0.495 e. The number of hydrogen-bond donors (Lipinski definition) is 1. The molecule has 2 rings (SSSR count). The van der Waals surface area contributed by atoms with Crippen molar-refractivity contribution in [2.75, 3.05) is 11.8 Å². The second-order valence-electron chi connectivity index (χ2n) is 4.99. The number of sulfonamides is 1. The maximum atomic E-state index is 12.6. The summed E-state index contributed by atoms with van der Waals surface area (Å²) in [5, 5.41) is 0.278. The fourth-order valence-corrected chi connectivity index (χ4v) is 3.57. The Morgan fingerprint density at radius 2 is 1.87 bits per heavy atom. The summed E-state index contributed by atoms with van der Waals surface area (Å²) in [5.74, 6) is 0.0352. The van der Waals surface area contributed by atoms with Crippen molar-refractivity contribution in [3.63, 3.8) is 0 Å². The molecule has 0 aliphatic heterocycles. The minimum Gasteiger partial charge on any atom is -0.495 e. The number of aryl methyl sites for hydroxylation is 1. The molecule has 0 amide bonds. The number of ether oxygens (including phenoxy) is 1. The van der Waals surface area contributed by atoms with Gasteiger partial charge in [-0.1, -0.05) is 23.7 Å². The molecule has 0 unspecified atom stereocenters. The molecular weight excluding hydrogens is 338 g/mol. The number of rotatable bonds is 5. The number of hydrogen-bond acceptors (Lipinski definition) is 4. The van der Waals surface area contributed by atoms with E-state index in [0.717, 1.165) is 0 Å². The molecule has 0 spiro atoms. The topological polar surface area (TPSA) is 72.5 Å². The van der Waals surface area contributed by atoms with Crippen LogP contribution in [0.4, 0.5) is 5.69 Å². The zero-order valence-corrected chi connectivity index (χ0v) is 14.5. The smallest absolute Gasteiger partial charge is 0.265 e. The fraction of sp³-hybridized carbons (Fsp3) is 0.188. The normalized spacial score (nSPS) is 11.1.